The van der Waals surface area contributed by atoms with E-state index in [2.05, 4.69) is 76.2 Å². The van der Waals surface area contributed by atoms with E-state index in [1.807, 2.05) is 54.6 Å². The Kier molecular flexibility index (Phi) is 8.25. The molecule has 37 heavy (non-hydrogen) atoms. The molecule has 2 N–H and O–H groups in total. The van der Waals surface area contributed by atoms with Gasteiger partial charge in [-0.3, -0.25) is 4.79 Å². The quantitative estimate of drug-likeness (QED) is 0.223. The Morgan fingerprint density at radius 1 is 0.784 bits per heavy atom. The minimum Gasteiger partial charge on any atom is -0.335 e. The van der Waals surface area contributed by atoms with Crippen LogP contribution in [0.5, 0.6) is 0 Å². The van der Waals surface area contributed by atoms with Crippen LogP contribution in [0.25, 0.3) is 0 Å². The first kappa shape index (κ1) is 25.1. The minimum absolute atomic E-state index is 0.0594. The summed E-state index contributed by atoms with van der Waals surface area (Å²) in [7, 11) is -0.573. The molecule has 1 aliphatic heterocycles. The third-order valence-electron chi connectivity index (χ3n) is 6.60. The molecule has 0 aliphatic carbocycles. The summed E-state index contributed by atoms with van der Waals surface area (Å²) >= 11 is 5.54. The van der Waals surface area contributed by atoms with Crippen molar-refractivity contribution in [3.63, 3.8) is 0 Å². The molecule has 1 atom stereocenters. The van der Waals surface area contributed by atoms with E-state index in [4.69, 9.17) is 12.2 Å². The third kappa shape index (κ3) is 6.25. The van der Waals surface area contributed by atoms with Crippen LogP contribution in [0.4, 0.5) is 11.4 Å². The second-order valence-corrected chi connectivity index (χ2v) is 11.7. The van der Waals surface area contributed by atoms with Gasteiger partial charge in [-0.15, -0.1) is 0 Å². The van der Waals surface area contributed by atoms with E-state index in [1.54, 1.807) is 0 Å². The molecule has 0 radical (unpaired) electrons. The van der Waals surface area contributed by atoms with Gasteiger partial charge in [-0.1, -0.05) is 91.0 Å². The number of hydrogen-bond acceptors (Lipinski definition) is 2. The number of nitrogens with one attached hydrogen (secondary N) is 2. The highest BCUT2D eigenvalue weighted by Gasteiger charge is 2.33. The lowest BCUT2D eigenvalue weighted by Gasteiger charge is -2.30. The number of nitrogens with zero attached hydrogens (tertiary/aromatic N) is 1. The van der Waals surface area contributed by atoms with Crippen molar-refractivity contribution in [1.82, 2.24) is 4.90 Å². The van der Waals surface area contributed by atoms with E-state index in [0.29, 0.717) is 10.7 Å². The first-order valence-electron chi connectivity index (χ1n) is 12.6. The molecule has 0 bridgehead atoms. The van der Waals surface area contributed by atoms with Crippen molar-refractivity contribution in [2.75, 3.05) is 23.3 Å². The number of para-hydroxylation sites is 2. The highest BCUT2D eigenvalue weighted by atomic mass is 32.1. The first-order chi connectivity index (χ1) is 18.2. The maximum atomic E-state index is 13.9. The van der Waals surface area contributed by atoms with E-state index in [9.17, 15) is 4.79 Å². The third-order valence-corrected chi connectivity index (χ3v) is 9.44. The molecule has 4 nitrogen and oxygen atoms in total. The molecular weight excluding hydrogens is 493 g/mol. The van der Waals surface area contributed by atoms with Crippen molar-refractivity contribution >= 4 is 53.1 Å². The van der Waals surface area contributed by atoms with Crippen LogP contribution < -0.4 is 21.2 Å². The van der Waals surface area contributed by atoms with Crippen LogP contribution in [-0.2, 0) is 0 Å². The summed E-state index contributed by atoms with van der Waals surface area (Å²) in [5.41, 5.74) is 2.27. The van der Waals surface area contributed by atoms with Gasteiger partial charge in [0.2, 0.25) is 0 Å². The first-order valence-corrected chi connectivity index (χ1v) is 14.5. The molecule has 5 rings (SSSR count). The second kappa shape index (κ2) is 12.1. The van der Waals surface area contributed by atoms with Gasteiger partial charge in [-0.05, 0) is 74.0 Å². The fraction of sp³-hybridized carbons (Fsp3) is 0.161. The van der Waals surface area contributed by atoms with Gasteiger partial charge in [0.1, 0.15) is 0 Å². The maximum Gasteiger partial charge on any atom is 0.256 e. The summed E-state index contributed by atoms with van der Waals surface area (Å²) in [4.78, 5) is 16.0. The highest BCUT2D eigenvalue weighted by molar-refractivity contribution is 7.80. The van der Waals surface area contributed by atoms with E-state index < -0.39 is 7.92 Å². The molecule has 1 heterocycles. The standard InChI is InChI=1S/C31H30N3OPS/c35-30(28-20-10-11-21-29(28)33-31(37)32-24-13-4-1-5-14-24)34-22-12-15-25(34)23-36(26-16-6-2-7-17-26)27-18-8-3-9-19-27/h1-11,13-14,16-21,25H,12,15,22-23H2,(H2,32,33,37)/t25-/m0/s1. The summed E-state index contributed by atoms with van der Waals surface area (Å²) in [6, 6.07) is 39.1. The van der Waals surface area contributed by atoms with Crippen LogP contribution >= 0.6 is 20.1 Å². The average Bonchev–Trinajstić information content (AvgIpc) is 3.41. The highest BCUT2D eigenvalue weighted by Crippen LogP contribution is 2.38. The zero-order valence-electron chi connectivity index (χ0n) is 20.6. The van der Waals surface area contributed by atoms with E-state index in [-0.39, 0.29) is 11.9 Å². The Labute approximate surface area is 225 Å². The number of thiocarbonyl (C=S) groups is 1. The smallest absolute Gasteiger partial charge is 0.256 e. The normalized spacial score (nSPS) is 14.9. The Morgan fingerprint density at radius 3 is 2.00 bits per heavy atom. The molecule has 186 valence electrons. The van der Waals surface area contributed by atoms with Crippen molar-refractivity contribution in [1.29, 1.82) is 0 Å². The van der Waals surface area contributed by atoms with Crippen molar-refractivity contribution in [2.24, 2.45) is 0 Å². The predicted octanol–water partition coefficient (Wildman–Crippen LogP) is 6.23. The van der Waals surface area contributed by atoms with E-state index in [1.165, 1.54) is 10.6 Å². The molecule has 0 unspecified atom stereocenters. The number of hydrogen-bond donors (Lipinski definition) is 2. The molecule has 1 fully saturated rings. The summed E-state index contributed by atoms with van der Waals surface area (Å²) in [6.07, 6.45) is 3.00. The fourth-order valence-corrected chi connectivity index (χ4v) is 7.63. The lowest BCUT2D eigenvalue weighted by atomic mass is 10.1. The van der Waals surface area contributed by atoms with Gasteiger partial charge in [0.05, 0.1) is 11.3 Å². The van der Waals surface area contributed by atoms with Gasteiger partial charge in [0, 0.05) is 18.3 Å². The van der Waals surface area contributed by atoms with Gasteiger partial charge in [0.15, 0.2) is 5.11 Å². The van der Waals surface area contributed by atoms with Gasteiger partial charge in [-0.25, -0.2) is 0 Å². The summed E-state index contributed by atoms with van der Waals surface area (Å²) in [6.45, 7) is 0.775. The number of rotatable bonds is 7. The molecular formula is C31H30N3OPS. The predicted molar refractivity (Wildman–Crippen MR) is 161 cm³/mol. The van der Waals surface area contributed by atoms with Gasteiger partial charge >= 0.3 is 0 Å². The topological polar surface area (TPSA) is 44.4 Å². The van der Waals surface area contributed by atoms with E-state index >= 15 is 0 Å². The lowest BCUT2D eigenvalue weighted by Crippen LogP contribution is -2.39. The van der Waals surface area contributed by atoms with E-state index in [0.717, 1.165) is 36.9 Å². The number of likely N-dealkylation sites (tertiary alicyclic amines) is 1. The van der Waals surface area contributed by atoms with Crippen LogP contribution in [0.2, 0.25) is 0 Å². The molecule has 1 saturated heterocycles. The second-order valence-electron chi connectivity index (χ2n) is 9.07. The Bertz CT molecular complexity index is 1290. The maximum absolute atomic E-state index is 13.9. The zero-order valence-corrected chi connectivity index (χ0v) is 22.3. The number of carbonyl (C=O) groups is 1. The van der Waals surface area contributed by atoms with Gasteiger partial charge < -0.3 is 15.5 Å². The molecule has 1 aliphatic rings. The Hall–Kier alpha value is -3.53. The monoisotopic (exact) mass is 523 g/mol. The summed E-state index contributed by atoms with van der Waals surface area (Å²) < 4.78 is 0. The fourth-order valence-electron chi connectivity index (χ4n) is 4.82. The number of carbonyl (C=O) groups excluding carboxylic acids is 1. The number of benzene rings is 4. The molecule has 6 heteroatoms. The Morgan fingerprint density at radius 2 is 1.35 bits per heavy atom. The molecule has 0 aromatic heterocycles. The molecule has 4 aromatic rings. The van der Waals surface area contributed by atoms with Crippen LogP contribution in [0.15, 0.2) is 115 Å². The largest absolute Gasteiger partial charge is 0.335 e. The van der Waals surface area contributed by atoms with Crippen molar-refractivity contribution in [2.45, 2.75) is 18.9 Å². The molecule has 1 amide bonds. The number of anilines is 2. The van der Waals surface area contributed by atoms with Crippen LogP contribution in [0.1, 0.15) is 23.2 Å². The number of amides is 1. The Balaban J connectivity index is 1.35. The molecule has 0 saturated carbocycles. The average molecular weight is 524 g/mol. The van der Waals surface area contributed by atoms with Crippen LogP contribution in [0.3, 0.4) is 0 Å². The minimum atomic E-state index is -0.573. The van der Waals surface area contributed by atoms with Crippen molar-refractivity contribution in [3.8, 4) is 0 Å². The van der Waals surface area contributed by atoms with Gasteiger partial charge in [0.25, 0.3) is 5.91 Å². The summed E-state index contributed by atoms with van der Waals surface area (Å²) in [5, 5.41) is 9.60. The zero-order chi connectivity index (χ0) is 25.5. The van der Waals surface area contributed by atoms with Gasteiger partial charge in [-0.2, -0.15) is 0 Å². The molecule has 0 spiro atoms. The van der Waals surface area contributed by atoms with Crippen LogP contribution in [-0.4, -0.2) is 34.7 Å². The van der Waals surface area contributed by atoms with Crippen molar-refractivity contribution in [3.05, 3.63) is 121 Å². The molecule has 4 aromatic carbocycles. The van der Waals surface area contributed by atoms with Crippen LogP contribution in [0, 0.1) is 0 Å². The summed E-state index contributed by atoms with van der Waals surface area (Å²) in [5.74, 6) is 0.0594. The lowest BCUT2D eigenvalue weighted by molar-refractivity contribution is 0.0750. The van der Waals surface area contributed by atoms with Crippen molar-refractivity contribution < 1.29 is 4.79 Å². The SMILES string of the molecule is O=C(c1ccccc1NC(=S)Nc1ccccc1)N1CCC[C@H]1CP(c1ccccc1)c1ccccc1.